The number of hydrogen-bond donors (Lipinski definition) is 1. The van der Waals surface area contributed by atoms with Crippen LogP contribution in [0.5, 0.6) is 0 Å². The van der Waals surface area contributed by atoms with Crippen molar-refractivity contribution in [2.75, 3.05) is 0 Å². The summed E-state index contributed by atoms with van der Waals surface area (Å²) in [5.74, 6) is -1.33. The third-order valence-corrected chi connectivity index (χ3v) is 4.54. The van der Waals surface area contributed by atoms with Crippen molar-refractivity contribution in [3.63, 3.8) is 0 Å². The standard InChI is InChI=1S/C16H17F3O/c17-16(18,19)15(20)14-12-7-3-1-5-10(12)9-11-6-2-4-8-13(11)14/h1,3,5-7,9,12-15,20H,2,4,8H2. The zero-order valence-corrected chi connectivity index (χ0v) is 11.0. The van der Waals surface area contributed by atoms with Crippen molar-refractivity contribution >= 4 is 0 Å². The van der Waals surface area contributed by atoms with Crippen molar-refractivity contribution in [2.24, 2.45) is 17.8 Å². The quantitative estimate of drug-likeness (QED) is 0.772. The Morgan fingerprint density at radius 1 is 1.20 bits per heavy atom. The lowest BCUT2D eigenvalue weighted by Crippen LogP contribution is -2.46. The first kappa shape index (κ1) is 13.7. The maximum atomic E-state index is 13.0. The summed E-state index contributed by atoms with van der Waals surface area (Å²) in [6.45, 7) is 0. The highest BCUT2D eigenvalue weighted by atomic mass is 19.4. The van der Waals surface area contributed by atoms with Gasteiger partial charge in [-0.2, -0.15) is 13.2 Å². The van der Waals surface area contributed by atoms with Gasteiger partial charge in [0.05, 0.1) is 0 Å². The first-order valence-electron chi connectivity index (χ1n) is 7.00. The van der Waals surface area contributed by atoms with Crippen molar-refractivity contribution in [3.05, 3.63) is 47.6 Å². The molecule has 3 rings (SSSR count). The van der Waals surface area contributed by atoms with Crippen LogP contribution in [0.4, 0.5) is 13.2 Å². The Bertz CT molecular complexity index is 510. The molecule has 0 bridgehead atoms. The first-order chi connectivity index (χ1) is 9.48. The van der Waals surface area contributed by atoms with E-state index in [0.29, 0.717) is 0 Å². The molecule has 20 heavy (non-hydrogen) atoms. The Balaban J connectivity index is 2.04. The minimum atomic E-state index is -4.56. The monoisotopic (exact) mass is 282 g/mol. The van der Waals surface area contributed by atoms with E-state index in [9.17, 15) is 18.3 Å². The lowest BCUT2D eigenvalue weighted by molar-refractivity contribution is -0.227. The average Bonchev–Trinajstić information content (AvgIpc) is 2.43. The molecule has 0 aromatic rings. The fourth-order valence-corrected chi connectivity index (χ4v) is 3.65. The normalized spacial score (nSPS) is 33.9. The van der Waals surface area contributed by atoms with E-state index >= 15 is 0 Å². The summed E-state index contributed by atoms with van der Waals surface area (Å²) in [6.07, 6.45) is 6.99. The third-order valence-electron chi connectivity index (χ3n) is 4.54. The number of aliphatic hydroxyl groups excluding tert-OH is 1. The summed E-state index contributed by atoms with van der Waals surface area (Å²) >= 11 is 0. The predicted octanol–water partition coefficient (Wildman–Crippen LogP) is 3.93. The molecule has 108 valence electrons. The van der Waals surface area contributed by atoms with Gasteiger partial charge in [0.1, 0.15) is 0 Å². The predicted molar refractivity (Wildman–Crippen MR) is 70.8 cm³/mol. The number of alkyl halides is 3. The van der Waals surface area contributed by atoms with Gasteiger partial charge in [0.2, 0.25) is 0 Å². The van der Waals surface area contributed by atoms with E-state index in [-0.39, 0.29) is 11.8 Å². The minimum absolute atomic E-state index is 0.190. The molecule has 0 saturated heterocycles. The molecule has 4 unspecified atom stereocenters. The van der Waals surface area contributed by atoms with Gasteiger partial charge in [0.25, 0.3) is 0 Å². The Hall–Kier alpha value is -1.29. The van der Waals surface area contributed by atoms with Crippen molar-refractivity contribution in [1.82, 2.24) is 0 Å². The van der Waals surface area contributed by atoms with Gasteiger partial charge in [-0.05, 0) is 36.3 Å². The lowest BCUT2D eigenvalue weighted by Gasteiger charge is -2.43. The molecule has 0 radical (unpaired) electrons. The molecular formula is C16H17F3O. The molecule has 3 aliphatic rings. The van der Waals surface area contributed by atoms with Gasteiger partial charge in [-0.3, -0.25) is 0 Å². The van der Waals surface area contributed by atoms with E-state index in [0.717, 1.165) is 30.4 Å². The van der Waals surface area contributed by atoms with E-state index in [1.54, 1.807) is 12.2 Å². The van der Waals surface area contributed by atoms with Crippen LogP contribution in [0, 0.1) is 17.8 Å². The number of rotatable bonds is 1. The fourth-order valence-electron chi connectivity index (χ4n) is 3.65. The van der Waals surface area contributed by atoms with E-state index in [1.807, 2.05) is 24.3 Å². The Morgan fingerprint density at radius 2 is 2.00 bits per heavy atom. The molecule has 4 atom stereocenters. The number of aliphatic hydroxyl groups is 1. The first-order valence-corrected chi connectivity index (χ1v) is 7.00. The molecule has 3 aliphatic carbocycles. The van der Waals surface area contributed by atoms with Gasteiger partial charge in [0, 0.05) is 11.8 Å². The van der Waals surface area contributed by atoms with Crippen LogP contribution in [0.3, 0.4) is 0 Å². The fraction of sp³-hybridized carbons (Fsp3) is 0.500. The Morgan fingerprint density at radius 3 is 2.75 bits per heavy atom. The molecule has 4 heteroatoms. The van der Waals surface area contributed by atoms with Gasteiger partial charge in [0.15, 0.2) is 6.10 Å². The van der Waals surface area contributed by atoms with Crippen LogP contribution >= 0.6 is 0 Å². The van der Waals surface area contributed by atoms with Crippen molar-refractivity contribution in [3.8, 4) is 0 Å². The van der Waals surface area contributed by atoms with Crippen molar-refractivity contribution in [1.29, 1.82) is 0 Å². The smallest absolute Gasteiger partial charge is 0.383 e. The molecule has 0 fully saturated rings. The van der Waals surface area contributed by atoms with E-state index in [2.05, 4.69) is 0 Å². The molecule has 0 heterocycles. The van der Waals surface area contributed by atoms with Gasteiger partial charge < -0.3 is 5.11 Å². The summed E-state index contributed by atoms with van der Waals surface area (Å²) < 4.78 is 39.1. The summed E-state index contributed by atoms with van der Waals surface area (Å²) in [5.41, 5.74) is 1.85. The van der Waals surface area contributed by atoms with Crippen molar-refractivity contribution < 1.29 is 18.3 Å². The van der Waals surface area contributed by atoms with E-state index in [1.165, 1.54) is 0 Å². The van der Waals surface area contributed by atoms with Gasteiger partial charge in [-0.1, -0.05) is 36.5 Å². The highest BCUT2D eigenvalue weighted by Crippen LogP contribution is 2.48. The molecular weight excluding hydrogens is 265 g/mol. The maximum Gasteiger partial charge on any atom is 0.414 e. The summed E-state index contributed by atoms with van der Waals surface area (Å²) in [4.78, 5) is 0. The molecule has 0 aromatic heterocycles. The minimum Gasteiger partial charge on any atom is -0.383 e. The van der Waals surface area contributed by atoms with Crippen molar-refractivity contribution in [2.45, 2.75) is 31.5 Å². The lowest BCUT2D eigenvalue weighted by atomic mass is 9.63. The highest BCUT2D eigenvalue weighted by molar-refractivity contribution is 5.44. The molecule has 0 aromatic carbocycles. The number of allylic oxidation sites excluding steroid dienone is 8. The van der Waals surface area contributed by atoms with Gasteiger partial charge >= 0.3 is 6.18 Å². The third kappa shape index (κ3) is 2.26. The summed E-state index contributed by atoms with van der Waals surface area (Å²) in [7, 11) is 0. The maximum absolute atomic E-state index is 13.0. The molecule has 1 N–H and O–H groups in total. The second-order valence-corrected chi connectivity index (χ2v) is 5.72. The second kappa shape index (κ2) is 4.92. The molecule has 0 amide bonds. The van der Waals surface area contributed by atoms with Crippen LogP contribution < -0.4 is 0 Å². The second-order valence-electron chi connectivity index (χ2n) is 5.72. The molecule has 1 nitrogen and oxygen atoms in total. The summed E-state index contributed by atoms with van der Waals surface area (Å²) in [5, 5.41) is 9.85. The van der Waals surface area contributed by atoms with Gasteiger partial charge in [-0.15, -0.1) is 0 Å². The van der Waals surface area contributed by atoms with E-state index < -0.39 is 18.2 Å². The number of fused-ring (bicyclic) bond motifs is 2. The topological polar surface area (TPSA) is 20.2 Å². The van der Waals surface area contributed by atoms with Crippen LogP contribution in [-0.4, -0.2) is 17.4 Å². The summed E-state index contributed by atoms with van der Waals surface area (Å²) in [6, 6.07) is 0. The van der Waals surface area contributed by atoms with Crippen LogP contribution in [-0.2, 0) is 0 Å². The number of halogens is 3. The largest absolute Gasteiger partial charge is 0.414 e. The Labute approximate surface area is 116 Å². The van der Waals surface area contributed by atoms with Crippen LogP contribution in [0.15, 0.2) is 47.6 Å². The van der Waals surface area contributed by atoms with Crippen LogP contribution in [0.2, 0.25) is 0 Å². The SMILES string of the molecule is OC(C1C2C=CC=CC2=CC2=CCCCC21)C(F)(F)F. The average molecular weight is 282 g/mol. The van der Waals surface area contributed by atoms with Gasteiger partial charge in [-0.25, -0.2) is 0 Å². The van der Waals surface area contributed by atoms with Crippen LogP contribution in [0.1, 0.15) is 19.3 Å². The Kier molecular flexibility index (Phi) is 3.36. The number of hydrogen-bond acceptors (Lipinski definition) is 1. The zero-order chi connectivity index (χ0) is 14.3. The molecule has 0 spiro atoms. The van der Waals surface area contributed by atoms with E-state index in [4.69, 9.17) is 0 Å². The molecule has 0 aliphatic heterocycles. The zero-order valence-electron chi connectivity index (χ0n) is 11.0. The van der Waals surface area contributed by atoms with Crippen LogP contribution in [0.25, 0.3) is 0 Å². The molecule has 0 saturated carbocycles. The highest BCUT2D eigenvalue weighted by Gasteiger charge is 2.51.